The summed E-state index contributed by atoms with van der Waals surface area (Å²) >= 11 is 18.4. The minimum Gasteiger partial charge on any atom is -0.268 e. The Kier molecular flexibility index (Phi) is 5.24. The van der Waals surface area contributed by atoms with E-state index >= 15 is 0 Å². The van der Waals surface area contributed by atoms with E-state index in [4.69, 9.17) is 34.8 Å². The van der Waals surface area contributed by atoms with Crippen molar-refractivity contribution in [3.05, 3.63) is 72.0 Å². The second kappa shape index (κ2) is 7.28. The van der Waals surface area contributed by atoms with Crippen molar-refractivity contribution < 1.29 is 14.5 Å². The maximum atomic E-state index is 12.6. The predicted octanol–water partition coefficient (Wildman–Crippen LogP) is 5.80. The van der Waals surface area contributed by atoms with E-state index in [2.05, 4.69) is 0 Å². The molecule has 0 unspecified atom stereocenters. The monoisotopic (exact) mass is 428 g/mol. The van der Waals surface area contributed by atoms with Crippen molar-refractivity contribution in [2.45, 2.75) is 0 Å². The van der Waals surface area contributed by atoms with Crippen LogP contribution in [0.3, 0.4) is 0 Å². The minimum absolute atomic E-state index is 0.0773. The number of nitro groups is 1. The molecule has 0 radical (unpaired) electrons. The highest BCUT2D eigenvalue weighted by atomic mass is 35.5. The lowest BCUT2D eigenvalue weighted by Gasteiger charge is -2.12. The van der Waals surface area contributed by atoms with Gasteiger partial charge in [0.1, 0.15) is 5.02 Å². The second-order valence-electron chi connectivity index (χ2n) is 5.08. The summed E-state index contributed by atoms with van der Waals surface area (Å²) in [6.07, 6.45) is 1.32. The van der Waals surface area contributed by atoms with Gasteiger partial charge in [-0.05, 0) is 42.1 Å². The number of nitrogens with zero attached hydrogens (tertiary/aromatic N) is 2. The number of halogens is 3. The molecule has 1 fully saturated rings. The first-order valence-electron chi connectivity index (χ1n) is 6.95. The number of hydrogen-bond donors (Lipinski definition) is 0. The minimum atomic E-state index is -0.659. The summed E-state index contributed by atoms with van der Waals surface area (Å²) in [5.74, 6) is -0.573. The van der Waals surface area contributed by atoms with Crippen LogP contribution >= 0.6 is 46.6 Å². The number of amides is 2. The van der Waals surface area contributed by atoms with E-state index in [-0.39, 0.29) is 26.2 Å². The van der Waals surface area contributed by atoms with Crippen molar-refractivity contribution in [3.8, 4) is 0 Å². The molecular weight excluding hydrogens is 423 g/mol. The molecule has 0 spiro atoms. The normalized spacial score (nSPS) is 15.8. The Hall–Kier alpha value is -2.06. The molecule has 0 bridgehead atoms. The van der Waals surface area contributed by atoms with E-state index in [1.165, 1.54) is 18.2 Å². The number of anilines is 1. The van der Waals surface area contributed by atoms with Crippen LogP contribution in [0.15, 0.2) is 41.3 Å². The largest absolute Gasteiger partial charge is 0.298 e. The summed E-state index contributed by atoms with van der Waals surface area (Å²) in [7, 11) is 0. The second-order valence-corrected chi connectivity index (χ2v) is 7.32. The van der Waals surface area contributed by atoms with Crippen LogP contribution in [0, 0.1) is 10.1 Å². The summed E-state index contributed by atoms with van der Waals surface area (Å²) in [6.45, 7) is 0. The van der Waals surface area contributed by atoms with Crippen molar-refractivity contribution in [2.75, 3.05) is 4.90 Å². The number of hydrogen-bond acceptors (Lipinski definition) is 5. The zero-order valence-electron chi connectivity index (χ0n) is 12.6. The van der Waals surface area contributed by atoms with Crippen molar-refractivity contribution in [1.29, 1.82) is 0 Å². The number of nitro benzene ring substituents is 1. The molecule has 26 heavy (non-hydrogen) atoms. The molecule has 0 aromatic heterocycles. The first kappa shape index (κ1) is 18.7. The van der Waals surface area contributed by atoms with Gasteiger partial charge in [-0.15, -0.1) is 0 Å². The lowest BCUT2D eigenvalue weighted by atomic mass is 10.1. The highest BCUT2D eigenvalue weighted by Gasteiger charge is 2.36. The highest BCUT2D eigenvalue weighted by Crippen LogP contribution is 2.38. The molecule has 0 saturated carbocycles. The Morgan fingerprint density at radius 2 is 1.81 bits per heavy atom. The lowest BCUT2D eigenvalue weighted by molar-refractivity contribution is -0.384. The molecule has 6 nitrogen and oxygen atoms in total. The maximum absolute atomic E-state index is 12.6. The van der Waals surface area contributed by atoms with Gasteiger partial charge in [0.05, 0.1) is 15.5 Å². The zero-order valence-corrected chi connectivity index (χ0v) is 15.7. The molecule has 1 saturated heterocycles. The van der Waals surface area contributed by atoms with Crippen LogP contribution in [0.25, 0.3) is 6.08 Å². The van der Waals surface area contributed by atoms with Crippen LogP contribution < -0.4 is 4.90 Å². The molecular formula is C16H7Cl3N2O4S. The third-order valence-electron chi connectivity index (χ3n) is 3.41. The van der Waals surface area contributed by atoms with Gasteiger partial charge in [-0.1, -0.05) is 40.9 Å². The van der Waals surface area contributed by atoms with Crippen LogP contribution in [0.2, 0.25) is 15.1 Å². The molecule has 0 aliphatic carbocycles. The van der Waals surface area contributed by atoms with Crippen LogP contribution in [0.4, 0.5) is 16.2 Å². The van der Waals surface area contributed by atoms with E-state index in [9.17, 15) is 19.7 Å². The Bertz CT molecular complexity index is 993. The Morgan fingerprint density at radius 3 is 2.46 bits per heavy atom. The molecule has 1 aliphatic heterocycles. The molecule has 2 aromatic carbocycles. The number of thioether (sulfide) groups is 1. The van der Waals surface area contributed by atoms with E-state index in [0.717, 1.165) is 11.0 Å². The van der Waals surface area contributed by atoms with Gasteiger partial charge in [0, 0.05) is 21.7 Å². The fourth-order valence-corrected chi connectivity index (χ4v) is 3.77. The van der Waals surface area contributed by atoms with E-state index < -0.39 is 16.1 Å². The predicted molar refractivity (Wildman–Crippen MR) is 103 cm³/mol. The van der Waals surface area contributed by atoms with Crippen molar-refractivity contribution in [1.82, 2.24) is 0 Å². The fraction of sp³-hybridized carbons (Fsp3) is 0. The first-order valence-corrected chi connectivity index (χ1v) is 8.90. The zero-order chi connectivity index (χ0) is 19.0. The number of rotatable bonds is 3. The van der Waals surface area contributed by atoms with Gasteiger partial charge in [-0.3, -0.25) is 19.7 Å². The molecule has 1 aliphatic rings. The van der Waals surface area contributed by atoms with E-state index in [1.807, 2.05) is 0 Å². The molecule has 10 heteroatoms. The van der Waals surface area contributed by atoms with Gasteiger partial charge in [0.15, 0.2) is 0 Å². The van der Waals surface area contributed by atoms with Crippen LogP contribution in [-0.2, 0) is 4.79 Å². The molecule has 2 aromatic rings. The summed E-state index contributed by atoms with van der Waals surface area (Å²) in [5, 5.41) is 10.9. The van der Waals surface area contributed by atoms with Crippen LogP contribution in [-0.4, -0.2) is 16.1 Å². The molecule has 3 rings (SSSR count). The SMILES string of the molecule is O=C1S/C(=C/c2cc([N+](=O)[O-])c(Cl)cc2Cl)C(=O)N1c1cccc(Cl)c1. The number of benzene rings is 2. The van der Waals surface area contributed by atoms with Crippen LogP contribution in [0.1, 0.15) is 5.56 Å². The summed E-state index contributed by atoms with van der Waals surface area (Å²) in [6, 6.07) is 8.66. The van der Waals surface area contributed by atoms with E-state index in [0.29, 0.717) is 22.5 Å². The molecule has 132 valence electrons. The van der Waals surface area contributed by atoms with Gasteiger partial charge in [-0.25, -0.2) is 4.90 Å². The third-order valence-corrected chi connectivity index (χ3v) is 5.14. The van der Waals surface area contributed by atoms with Gasteiger partial charge >= 0.3 is 0 Å². The summed E-state index contributed by atoms with van der Waals surface area (Å²) < 4.78 is 0. The number of imide groups is 1. The third kappa shape index (κ3) is 3.57. The topological polar surface area (TPSA) is 80.5 Å². The quantitative estimate of drug-likeness (QED) is 0.350. The molecule has 2 amide bonds. The van der Waals surface area contributed by atoms with Crippen molar-refractivity contribution in [3.63, 3.8) is 0 Å². The Labute approximate surface area is 166 Å². The Morgan fingerprint density at radius 1 is 1.08 bits per heavy atom. The Balaban J connectivity index is 2.01. The first-order chi connectivity index (χ1) is 12.3. The van der Waals surface area contributed by atoms with Crippen LogP contribution in [0.5, 0.6) is 0 Å². The van der Waals surface area contributed by atoms with Crippen molar-refractivity contribution >= 4 is 75.2 Å². The fourth-order valence-electron chi connectivity index (χ4n) is 2.25. The summed E-state index contributed by atoms with van der Waals surface area (Å²) in [4.78, 5) is 36.2. The van der Waals surface area contributed by atoms with Crippen molar-refractivity contribution in [2.24, 2.45) is 0 Å². The van der Waals surface area contributed by atoms with Gasteiger partial charge in [-0.2, -0.15) is 0 Å². The summed E-state index contributed by atoms with van der Waals surface area (Å²) in [5.41, 5.74) is 0.187. The lowest BCUT2D eigenvalue weighted by Crippen LogP contribution is -2.27. The van der Waals surface area contributed by atoms with Gasteiger partial charge in [0.25, 0.3) is 16.8 Å². The van der Waals surface area contributed by atoms with Gasteiger partial charge in [0.2, 0.25) is 0 Å². The van der Waals surface area contributed by atoms with Gasteiger partial charge < -0.3 is 0 Å². The van der Waals surface area contributed by atoms with E-state index in [1.54, 1.807) is 18.2 Å². The standard InChI is InChI=1S/C16H7Cl3N2O4S/c17-9-2-1-3-10(6-9)20-15(22)14(26-16(20)23)5-8-4-13(21(24)25)12(19)7-11(8)18/h1-7H/b14-5+. The molecule has 1 heterocycles. The molecule has 0 atom stereocenters. The number of carbonyl (C=O) groups excluding carboxylic acids is 2. The smallest absolute Gasteiger partial charge is 0.268 e. The average molecular weight is 430 g/mol. The average Bonchev–Trinajstić information content (AvgIpc) is 2.83. The maximum Gasteiger partial charge on any atom is 0.298 e. The molecule has 0 N–H and O–H groups in total. The highest BCUT2D eigenvalue weighted by molar-refractivity contribution is 8.19. The number of carbonyl (C=O) groups is 2.